The second-order valence-electron chi connectivity index (χ2n) is 4.08. The molecule has 6 heteroatoms. The average Bonchev–Trinajstić information content (AvgIpc) is 2.32. The Balaban J connectivity index is 0.00000324. The fourth-order valence-electron chi connectivity index (χ4n) is 1.42. The monoisotopic (exact) mass is 376 g/mol. The lowest BCUT2D eigenvalue weighted by Gasteiger charge is -2.08. The maximum absolute atomic E-state index is 11.2. The number of nitrogens with one attached hydrogen (secondary N) is 2. The number of carbonyl (C=O) groups is 1. The summed E-state index contributed by atoms with van der Waals surface area (Å²) < 4.78 is 0. The van der Waals surface area contributed by atoms with E-state index in [0.717, 1.165) is 5.69 Å². The van der Waals surface area contributed by atoms with Gasteiger partial charge >= 0.3 is 0 Å². The number of carbonyl (C=O) groups excluding carboxylic acids is 1. The maximum atomic E-state index is 11.2. The van der Waals surface area contributed by atoms with Gasteiger partial charge < -0.3 is 16.4 Å². The number of rotatable bonds is 4. The highest BCUT2D eigenvalue weighted by molar-refractivity contribution is 14.0. The van der Waals surface area contributed by atoms with Crippen molar-refractivity contribution in [3.05, 3.63) is 29.3 Å². The summed E-state index contributed by atoms with van der Waals surface area (Å²) in [6, 6.07) is 5.93. The highest BCUT2D eigenvalue weighted by atomic mass is 127. The molecular weight excluding hydrogens is 355 g/mol. The highest BCUT2D eigenvalue weighted by Gasteiger charge is 2.00. The van der Waals surface area contributed by atoms with Crippen LogP contribution in [0.25, 0.3) is 0 Å². The Kier molecular flexibility index (Phi) is 8.13. The summed E-state index contributed by atoms with van der Waals surface area (Å²) in [6.07, 6.45) is 0. The molecule has 1 amide bonds. The van der Waals surface area contributed by atoms with Gasteiger partial charge in [0.05, 0.1) is 0 Å². The summed E-state index contributed by atoms with van der Waals surface area (Å²) in [5.41, 5.74) is 8.97. The number of anilines is 1. The molecule has 0 saturated carbocycles. The SMILES string of the molecule is CCNC(=O)CN=C(N)Nc1ccc(C)c(C)c1.I. The molecular formula is C13H21IN4O. The van der Waals surface area contributed by atoms with Crippen molar-refractivity contribution in [1.82, 2.24) is 5.32 Å². The molecule has 0 aromatic heterocycles. The van der Waals surface area contributed by atoms with Crippen molar-refractivity contribution in [3.63, 3.8) is 0 Å². The molecule has 1 rings (SSSR count). The number of aryl methyl sites for hydroxylation is 2. The quantitative estimate of drug-likeness (QED) is 0.426. The fraction of sp³-hybridized carbons (Fsp3) is 0.385. The predicted molar refractivity (Wildman–Crippen MR) is 90.1 cm³/mol. The van der Waals surface area contributed by atoms with Crippen LogP contribution in [-0.4, -0.2) is 25.0 Å². The number of halogens is 1. The lowest BCUT2D eigenvalue weighted by molar-refractivity contribution is -0.119. The maximum Gasteiger partial charge on any atom is 0.241 e. The van der Waals surface area contributed by atoms with Crippen molar-refractivity contribution < 1.29 is 4.79 Å². The molecule has 5 nitrogen and oxygen atoms in total. The molecule has 0 spiro atoms. The number of amides is 1. The van der Waals surface area contributed by atoms with Crippen LogP contribution in [0.3, 0.4) is 0 Å². The van der Waals surface area contributed by atoms with Gasteiger partial charge in [0.15, 0.2) is 5.96 Å². The standard InChI is InChI=1S/C13H20N4O.HI/c1-4-15-12(18)8-16-13(14)17-11-6-5-9(2)10(3)7-11;/h5-7H,4,8H2,1-3H3,(H,15,18)(H3,14,16,17);1H. The van der Waals surface area contributed by atoms with E-state index in [4.69, 9.17) is 5.73 Å². The van der Waals surface area contributed by atoms with Crippen LogP contribution in [0.4, 0.5) is 5.69 Å². The van der Waals surface area contributed by atoms with E-state index in [9.17, 15) is 4.79 Å². The summed E-state index contributed by atoms with van der Waals surface area (Å²) in [5, 5.41) is 5.61. The first-order chi connectivity index (χ1) is 8.52. The molecule has 1 aromatic carbocycles. The van der Waals surface area contributed by atoms with Gasteiger partial charge in [-0.05, 0) is 44.0 Å². The summed E-state index contributed by atoms with van der Waals surface area (Å²) in [4.78, 5) is 15.2. The zero-order chi connectivity index (χ0) is 13.5. The first-order valence-electron chi connectivity index (χ1n) is 5.93. The molecule has 0 aliphatic carbocycles. The van der Waals surface area contributed by atoms with Crippen LogP contribution in [0.1, 0.15) is 18.1 Å². The van der Waals surface area contributed by atoms with Crippen LogP contribution < -0.4 is 16.4 Å². The van der Waals surface area contributed by atoms with Crippen molar-refractivity contribution in [2.75, 3.05) is 18.4 Å². The Labute approximate surface area is 131 Å². The predicted octanol–water partition coefficient (Wildman–Crippen LogP) is 1.78. The number of nitrogens with zero attached hydrogens (tertiary/aromatic N) is 1. The van der Waals surface area contributed by atoms with Gasteiger partial charge in [0.2, 0.25) is 5.91 Å². The first kappa shape index (κ1) is 17.7. The molecule has 106 valence electrons. The smallest absolute Gasteiger partial charge is 0.241 e. The number of nitrogens with two attached hydrogens (primary N) is 1. The molecule has 0 atom stereocenters. The summed E-state index contributed by atoms with van der Waals surface area (Å²) >= 11 is 0. The molecule has 0 radical (unpaired) electrons. The number of benzene rings is 1. The van der Waals surface area contributed by atoms with Crippen molar-refractivity contribution >= 4 is 41.5 Å². The number of aliphatic imine (C=N–C) groups is 1. The third-order valence-electron chi connectivity index (χ3n) is 2.55. The molecule has 1 aromatic rings. The van der Waals surface area contributed by atoms with Gasteiger partial charge in [-0.1, -0.05) is 6.07 Å². The average molecular weight is 376 g/mol. The van der Waals surface area contributed by atoms with E-state index in [-0.39, 0.29) is 42.4 Å². The lowest BCUT2D eigenvalue weighted by atomic mass is 10.1. The van der Waals surface area contributed by atoms with E-state index in [2.05, 4.69) is 15.6 Å². The Morgan fingerprint density at radius 1 is 1.32 bits per heavy atom. The molecule has 0 aliphatic heterocycles. The Morgan fingerprint density at radius 2 is 2.00 bits per heavy atom. The minimum absolute atomic E-state index is 0. The summed E-state index contributed by atoms with van der Waals surface area (Å²) in [6.45, 7) is 6.57. The van der Waals surface area contributed by atoms with Crippen molar-refractivity contribution in [1.29, 1.82) is 0 Å². The fourth-order valence-corrected chi connectivity index (χ4v) is 1.42. The van der Waals surface area contributed by atoms with Crippen molar-refractivity contribution in [2.45, 2.75) is 20.8 Å². The summed E-state index contributed by atoms with van der Waals surface area (Å²) in [7, 11) is 0. The molecule has 19 heavy (non-hydrogen) atoms. The largest absolute Gasteiger partial charge is 0.370 e. The van der Waals surface area contributed by atoms with E-state index >= 15 is 0 Å². The Hall–Kier alpha value is -1.31. The molecule has 0 aliphatic rings. The normalized spacial score (nSPS) is 10.6. The third-order valence-corrected chi connectivity index (χ3v) is 2.55. The second-order valence-corrected chi connectivity index (χ2v) is 4.08. The number of hydrogen-bond acceptors (Lipinski definition) is 2. The van der Waals surface area contributed by atoms with Crippen LogP contribution in [0, 0.1) is 13.8 Å². The summed E-state index contributed by atoms with van der Waals surface area (Å²) in [5.74, 6) is 0.104. The Morgan fingerprint density at radius 3 is 2.58 bits per heavy atom. The van der Waals surface area contributed by atoms with Crippen molar-refractivity contribution in [3.8, 4) is 0 Å². The van der Waals surface area contributed by atoms with Crippen LogP contribution in [-0.2, 0) is 4.79 Å². The Bertz CT molecular complexity index is 460. The van der Waals surface area contributed by atoms with Crippen LogP contribution in [0.15, 0.2) is 23.2 Å². The van der Waals surface area contributed by atoms with Crippen molar-refractivity contribution in [2.24, 2.45) is 10.7 Å². The molecule has 0 fully saturated rings. The number of guanidine groups is 1. The lowest BCUT2D eigenvalue weighted by Crippen LogP contribution is -2.28. The van der Waals surface area contributed by atoms with Crippen LogP contribution in [0.5, 0.6) is 0 Å². The van der Waals surface area contributed by atoms with Gasteiger partial charge in [0.25, 0.3) is 0 Å². The minimum Gasteiger partial charge on any atom is -0.370 e. The minimum atomic E-state index is -0.137. The van der Waals surface area contributed by atoms with Gasteiger partial charge in [-0.2, -0.15) is 0 Å². The van der Waals surface area contributed by atoms with E-state index in [1.54, 1.807) is 0 Å². The van der Waals surface area contributed by atoms with E-state index < -0.39 is 0 Å². The second kappa shape index (κ2) is 8.73. The van der Waals surface area contributed by atoms with Crippen LogP contribution >= 0.6 is 24.0 Å². The first-order valence-corrected chi connectivity index (χ1v) is 5.93. The van der Waals surface area contributed by atoms with Gasteiger partial charge in [-0.3, -0.25) is 4.79 Å². The zero-order valence-electron chi connectivity index (χ0n) is 11.5. The molecule has 4 N–H and O–H groups in total. The van der Waals surface area contributed by atoms with E-state index in [0.29, 0.717) is 6.54 Å². The van der Waals surface area contributed by atoms with Gasteiger partial charge in [0.1, 0.15) is 6.54 Å². The topological polar surface area (TPSA) is 79.5 Å². The van der Waals surface area contributed by atoms with Gasteiger partial charge in [-0.15, -0.1) is 24.0 Å². The number of hydrogen-bond donors (Lipinski definition) is 3. The molecule has 0 heterocycles. The zero-order valence-corrected chi connectivity index (χ0v) is 13.8. The number of likely N-dealkylation sites (N-methyl/N-ethyl adjacent to an activating group) is 1. The van der Waals surface area contributed by atoms with E-state index in [1.807, 2.05) is 39.0 Å². The van der Waals surface area contributed by atoms with E-state index in [1.165, 1.54) is 11.1 Å². The third kappa shape index (κ3) is 6.42. The molecule has 0 unspecified atom stereocenters. The highest BCUT2D eigenvalue weighted by Crippen LogP contribution is 2.13. The van der Waals surface area contributed by atoms with Gasteiger partial charge in [0, 0.05) is 12.2 Å². The molecule has 0 saturated heterocycles. The van der Waals surface area contributed by atoms with Gasteiger partial charge in [-0.25, -0.2) is 4.99 Å². The molecule has 0 bridgehead atoms. The van der Waals surface area contributed by atoms with Crippen LogP contribution in [0.2, 0.25) is 0 Å².